The molecule has 6 nitrogen and oxygen atoms in total. The predicted molar refractivity (Wildman–Crippen MR) is 102 cm³/mol. The number of sulfonamides is 1. The molecule has 2 aromatic rings. The number of carbonyl (C=O) groups is 1. The van der Waals surface area contributed by atoms with E-state index >= 15 is 0 Å². The first-order valence-corrected chi connectivity index (χ1v) is 9.71. The van der Waals surface area contributed by atoms with Crippen molar-refractivity contribution >= 4 is 33.2 Å². The number of methoxy groups -OCH3 is 1. The highest BCUT2D eigenvalue weighted by Crippen LogP contribution is 2.27. The van der Waals surface area contributed by atoms with Gasteiger partial charge in [0.2, 0.25) is 15.9 Å². The van der Waals surface area contributed by atoms with Crippen molar-refractivity contribution in [2.24, 2.45) is 0 Å². The maximum atomic E-state index is 12.6. The first kappa shape index (κ1) is 20.2. The van der Waals surface area contributed by atoms with Gasteiger partial charge >= 0.3 is 0 Å². The lowest BCUT2D eigenvalue weighted by atomic mass is 10.1. The molecular weight excluding hydrogens is 376 g/mol. The van der Waals surface area contributed by atoms with Crippen molar-refractivity contribution in [3.05, 3.63) is 52.0 Å². The molecule has 140 valence electrons. The quantitative estimate of drug-likeness (QED) is 0.785. The van der Waals surface area contributed by atoms with Gasteiger partial charge in [-0.3, -0.25) is 4.79 Å². The first-order chi connectivity index (χ1) is 12.1. The van der Waals surface area contributed by atoms with Crippen LogP contribution in [0.2, 0.25) is 5.02 Å². The van der Waals surface area contributed by atoms with Crippen LogP contribution in [0.5, 0.6) is 5.75 Å². The third kappa shape index (κ3) is 4.75. The van der Waals surface area contributed by atoms with Gasteiger partial charge in [-0.05, 0) is 50.1 Å². The van der Waals surface area contributed by atoms with Gasteiger partial charge in [0.25, 0.3) is 0 Å². The third-order valence-electron chi connectivity index (χ3n) is 3.73. The highest BCUT2D eigenvalue weighted by atomic mass is 35.5. The first-order valence-electron chi connectivity index (χ1n) is 7.85. The average Bonchev–Trinajstić information content (AvgIpc) is 2.52. The molecule has 0 radical (unpaired) electrons. The Labute approximate surface area is 158 Å². The van der Waals surface area contributed by atoms with E-state index in [2.05, 4.69) is 10.0 Å². The molecule has 0 saturated heterocycles. The van der Waals surface area contributed by atoms with Crippen molar-refractivity contribution < 1.29 is 17.9 Å². The molecule has 8 heteroatoms. The number of carbonyl (C=O) groups excluding carboxylic acids is 1. The van der Waals surface area contributed by atoms with Crippen LogP contribution < -0.4 is 14.8 Å². The van der Waals surface area contributed by atoms with Gasteiger partial charge in [0, 0.05) is 5.69 Å². The standard InChI is InChI=1S/C18H21ClN2O4S/c1-11-7-12(2)18(13(3)8-11)26(23,24)20-10-17(22)21-14-5-6-16(25-4)15(19)9-14/h5-9,20H,10H2,1-4H3,(H,21,22). The van der Waals surface area contributed by atoms with Crippen LogP contribution in [0.25, 0.3) is 0 Å². The van der Waals surface area contributed by atoms with E-state index in [-0.39, 0.29) is 4.90 Å². The molecule has 0 aliphatic rings. The van der Waals surface area contributed by atoms with Gasteiger partial charge < -0.3 is 10.1 Å². The maximum absolute atomic E-state index is 12.6. The van der Waals surface area contributed by atoms with Gasteiger partial charge in [-0.2, -0.15) is 0 Å². The molecule has 0 fully saturated rings. The molecule has 0 heterocycles. The lowest BCUT2D eigenvalue weighted by Gasteiger charge is -2.13. The highest BCUT2D eigenvalue weighted by molar-refractivity contribution is 7.89. The fourth-order valence-electron chi connectivity index (χ4n) is 2.77. The summed E-state index contributed by atoms with van der Waals surface area (Å²) in [4.78, 5) is 12.3. The number of aryl methyl sites for hydroxylation is 3. The van der Waals surface area contributed by atoms with Gasteiger partial charge in [0.15, 0.2) is 0 Å². The van der Waals surface area contributed by atoms with Crippen LogP contribution in [0.1, 0.15) is 16.7 Å². The van der Waals surface area contributed by atoms with Crippen LogP contribution in [0, 0.1) is 20.8 Å². The molecule has 0 spiro atoms. The molecule has 0 aliphatic heterocycles. The smallest absolute Gasteiger partial charge is 0.241 e. The molecule has 2 aromatic carbocycles. The Balaban J connectivity index is 2.08. The molecule has 0 aromatic heterocycles. The summed E-state index contributed by atoms with van der Waals surface area (Å²) in [6.07, 6.45) is 0. The number of hydrogen-bond donors (Lipinski definition) is 2. The number of anilines is 1. The van der Waals surface area contributed by atoms with E-state index in [4.69, 9.17) is 16.3 Å². The average molecular weight is 397 g/mol. The monoisotopic (exact) mass is 396 g/mol. The fraction of sp³-hybridized carbons (Fsp3) is 0.278. The summed E-state index contributed by atoms with van der Waals surface area (Å²) in [7, 11) is -2.31. The SMILES string of the molecule is COc1ccc(NC(=O)CNS(=O)(=O)c2c(C)cc(C)cc2C)cc1Cl. The van der Waals surface area contributed by atoms with Crippen molar-refractivity contribution in [2.75, 3.05) is 19.0 Å². The number of ether oxygens (including phenoxy) is 1. The molecule has 2 N–H and O–H groups in total. The number of amides is 1. The summed E-state index contributed by atoms with van der Waals surface area (Å²) in [6, 6.07) is 8.34. The van der Waals surface area contributed by atoms with Gasteiger partial charge in [-0.1, -0.05) is 29.3 Å². The van der Waals surface area contributed by atoms with Crippen LogP contribution in [0.3, 0.4) is 0 Å². The minimum Gasteiger partial charge on any atom is -0.495 e. The van der Waals surface area contributed by atoms with Crippen molar-refractivity contribution in [1.29, 1.82) is 0 Å². The third-order valence-corrected chi connectivity index (χ3v) is 5.73. The Morgan fingerprint density at radius 2 is 1.73 bits per heavy atom. The van der Waals surface area contributed by atoms with Crippen LogP contribution in [-0.4, -0.2) is 28.0 Å². The van der Waals surface area contributed by atoms with Crippen molar-refractivity contribution in [1.82, 2.24) is 4.72 Å². The zero-order chi connectivity index (χ0) is 19.5. The Morgan fingerprint density at radius 1 is 1.12 bits per heavy atom. The molecule has 0 saturated carbocycles. The Hall–Kier alpha value is -2.09. The minimum atomic E-state index is -3.80. The van der Waals surface area contributed by atoms with Crippen LogP contribution in [0.4, 0.5) is 5.69 Å². The lowest BCUT2D eigenvalue weighted by Crippen LogP contribution is -2.33. The van der Waals surface area contributed by atoms with E-state index in [0.29, 0.717) is 27.6 Å². The van der Waals surface area contributed by atoms with Crippen LogP contribution in [0.15, 0.2) is 35.2 Å². The second-order valence-corrected chi connectivity index (χ2v) is 8.06. The van der Waals surface area contributed by atoms with E-state index in [1.807, 2.05) is 6.92 Å². The van der Waals surface area contributed by atoms with Crippen molar-refractivity contribution in [3.63, 3.8) is 0 Å². The number of halogens is 1. The van der Waals surface area contributed by atoms with E-state index in [1.165, 1.54) is 13.2 Å². The molecule has 1 amide bonds. The molecule has 0 atom stereocenters. The Kier molecular flexibility index (Phi) is 6.28. The molecular formula is C18H21ClN2O4S. The second-order valence-electron chi connectivity index (χ2n) is 5.95. The predicted octanol–water partition coefficient (Wildman–Crippen LogP) is 3.19. The summed E-state index contributed by atoms with van der Waals surface area (Å²) >= 11 is 6.00. The summed E-state index contributed by atoms with van der Waals surface area (Å²) < 4.78 is 32.5. The van der Waals surface area contributed by atoms with E-state index in [0.717, 1.165) is 5.56 Å². The van der Waals surface area contributed by atoms with E-state index in [1.54, 1.807) is 38.1 Å². The van der Waals surface area contributed by atoms with Crippen molar-refractivity contribution in [2.45, 2.75) is 25.7 Å². The van der Waals surface area contributed by atoms with Gasteiger partial charge in [-0.15, -0.1) is 0 Å². The maximum Gasteiger partial charge on any atom is 0.241 e. The van der Waals surface area contributed by atoms with Crippen LogP contribution >= 0.6 is 11.6 Å². The van der Waals surface area contributed by atoms with Gasteiger partial charge in [0.05, 0.1) is 23.6 Å². The fourth-order valence-corrected chi connectivity index (χ4v) is 4.46. The summed E-state index contributed by atoms with van der Waals surface area (Å²) in [5.74, 6) is -0.0204. The number of rotatable bonds is 6. The van der Waals surface area contributed by atoms with Gasteiger partial charge in [-0.25, -0.2) is 13.1 Å². The van der Waals surface area contributed by atoms with Crippen molar-refractivity contribution in [3.8, 4) is 5.75 Å². The number of hydrogen-bond acceptors (Lipinski definition) is 4. The normalized spacial score (nSPS) is 11.3. The zero-order valence-electron chi connectivity index (χ0n) is 15.0. The summed E-state index contributed by atoms with van der Waals surface area (Å²) in [5.41, 5.74) is 2.70. The lowest BCUT2D eigenvalue weighted by molar-refractivity contribution is -0.115. The summed E-state index contributed by atoms with van der Waals surface area (Å²) in [5, 5.41) is 2.93. The Bertz CT molecular complexity index is 919. The largest absolute Gasteiger partial charge is 0.495 e. The molecule has 26 heavy (non-hydrogen) atoms. The topological polar surface area (TPSA) is 84.5 Å². The summed E-state index contributed by atoms with van der Waals surface area (Å²) in [6.45, 7) is 4.97. The zero-order valence-corrected chi connectivity index (χ0v) is 16.6. The molecule has 2 rings (SSSR count). The highest BCUT2D eigenvalue weighted by Gasteiger charge is 2.20. The van der Waals surface area contributed by atoms with E-state index < -0.39 is 22.5 Å². The van der Waals surface area contributed by atoms with E-state index in [9.17, 15) is 13.2 Å². The van der Waals surface area contributed by atoms with Crippen LogP contribution in [-0.2, 0) is 14.8 Å². The second kappa shape index (κ2) is 8.07. The Morgan fingerprint density at radius 3 is 2.27 bits per heavy atom. The molecule has 0 bridgehead atoms. The molecule has 0 aliphatic carbocycles. The number of nitrogens with one attached hydrogen (secondary N) is 2. The number of benzene rings is 2. The molecule has 0 unspecified atom stereocenters. The van der Waals surface area contributed by atoms with Gasteiger partial charge in [0.1, 0.15) is 5.75 Å². The minimum absolute atomic E-state index is 0.198.